The van der Waals surface area contributed by atoms with E-state index in [1.54, 1.807) is 24.3 Å². The summed E-state index contributed by atoms with van der Waals surface area (Å²) in [5, 5.41) is 11.4. The molecule has 0 spiro atoms. The number of hydrogen-bond acceptors (Lipinski definition) is 4. The van der Waals surface area contributed by atoms with Crippen LogP contribution in [0.2, 0.25) is 0 Å². The summed E-state index contributed by atoms with van der Waals surface area (Å²) in [6, 6.07) is 6.32. The van der Waals surface area contributed by atoms with Gasteiger partial charge in [-0.1, -0.05) is 12.1 Å². The lowest BCUT2D eigenvalue weighted by Gasteiger charge is -2.19. The average Bonchev–Trinajstić information content (AvgIpc) is 2.43. The van der Waals surface area contributed by atoms with E-state index in [0.717, 1.165) is 10.7 Å². The number of anilines is 1. The molecule has 1 aromatic carbocycles. The van der Waals surface area contributed by atoms with Crippen molar-refractivity contribution < 1.29 is 13.6 Å². The standard InChI is InChI=1S/C11H18N4O3S/c1-3-8-13-19(17,18)15(2)10-6-4-9(5-7-10)11(12)14-16/h4-7,13,16H,3,8H2,1-2H3,(H2,12,14). The van der Waals surface area contributed by atoms with E-state index in [9.17, 15) is 8.42 Å². The fourth-order valence-corrected chi connectivity index (χ4v) is 2.42. The van der Waals surface area contributed by atoms with Gasteiger partial charge in [-0.25, -0.2) is 0 Å². The third-order valence-corrected chi connectivity index (χ3v) is 4.03. The Labute approximate surface area is 112 Å². The van der Waals surface area contributed by atoms with Crippen LogP contribution in [0.25, 0.3) is 0 Å². The zero-order chi connectivity index (χ0) is 14.5. The third-order valence-electron chi connectivity index (χ3n) is 2.53. The first-order chi connectivity index (χ1) is 8.92. The molecule has 8 heteroatoms. The van der Waals surface area contributed by atoms with Crippen molar-refractivity contribution in [3.63, 3.8) is 0 Å². The van der Waals surface area contributed by atoms with Crippen molar-refractivity contribution in [3.05, 3.63) is 29.8 Å². The molecule has 0 amide bonds. The van der Waals surface area contributed by atoms with E-state index in [0.29, 0.717) is 17.8 Å². The third kappa shape index (κ3) is 3.83. The van der Waals surface area contributed by atoms with Crippen molar-refractivity contribution >= 4 is 21.7 Å². The Hall–Kier alpha value is -1.80. The van der Waals surface area contributed by atoms with E-state index >= 15 is 0 Å². The number of hydrogen-bond donors (Lipinski definition) is 3. The van der Waals surface area contributed by atoms with Crippen molar-refractivity contribution in [2.75, 3.05) is 17.9 Å². The van der Waals surface area contributed by atoms with Crippen LogP contribution in [0.4, 0.5) is 5.69 Å². The Morgan fingerprint density at radius 3 is 2.47 bits per heavy atom. The minimum Gasteiger partial charge on any atom is -0.409 e. The molecule has 7 nitrogen and oxygen atoms in total. The molecule has 0 aliphatic carbocycles. The molecule has 0 radical (unpaired) electrons. The summed E-state index contributed by atoms with van der Waals surface area (Å²) in [6.07, 6.45) is 0.718. The van der Waals surface area contributed by atoms with Crippen molar-refractivity contribution in [3.8, 4) is 0 Å². The number of nitrogens with one attached hydrogen (secondary N) is 1. The molecule has 0 saturated heterocycles. The molecule has 0 aliphatic heterocycles. The van der Waals surface area contributed by atoms with Crippen LogP contribution in [0.3, 0.4) is 0 Å². The molecule has 0 bridgehead atoms. The highest BCUT2D eigenvalue weighted by Crippen LogP contribution is 2.16. The number of nitrogens with two attached hydrogens (primary N) is 1. The lowest BCUT2D eigenvalue weighted by atomic mass is 10.2. The lowest BCUT2D eigenvalue weighted by Crippen LogP contribution is -2.38. The number of benzene rings is 1. The second-order valence-corrected chi connectivity index (χ2v) is 5.69. The molecule has 0 saturated carbocycles. The second kappa shape index (κ2) is 6.39. The zero-order valence-corrected chi connectivity index (χ0v) is 11.7. The molecule has 4 N–H and O–H groups in total. The first-order valence-corrected chi connectivity index (χ1v) is 7.18. The maximum Gasteiger partial charge on any atom is 0.301 e. The second-order valence-electron chi connectivity index (χ2n) is 3.90. The summed E-state index contributed by atoms with van der Waals surface area (Å²) in [6.45, 7) is 2.27. The Morgan fingerprint density at radius 2 is 2.00 bits per heavy atom. The highest BCUT2D eigenvalue weighted by Gasteiger charge is 2.17. The van der Waals surface area contributed by atoms with Crippen LogP contribution in [-0.4, -0.2) is 33.1 Å². The summed E-state index contributed by atoms with van der Waals surface area (Å²) < 4.78 is 27.4. The van der Waals surface area contributed by atoms with Gasteiger partial charge in [0, 0.05) is 19.2 Å². The summed E-state index contributed by atoms with van der Waals surface area (Å²) in [5.41, 5.74) is 6.42. The number of nitrogens with zero attached hydrogens (tertiary/aromatic N) is 2. The minimum atomic E-state index is -3.54. The van der Waals surface area contributed by atoms with Crippen molar-refractivity contribution in [2.45, 2.75) is 13.3 Å². The van der Waals surface area contributed by atoms with Crippen molar-refractivity contribution in [1.82, 2.24) is 4.72 Å². The van der Waals surface area contributed by atoms with Gasteiger partial charge < -0.3 is 10.9 Å². The molecule has 106 valence electrons. The molecule has 0 heterocycles. The van der Waals surface area contributed by atoms with Crippen molar-refractivity contribution in [1.29, 1.82) is 0 Å². The van der Waals surface area contributed by atoms with Crippen LogP contribution in [-0.2, 0) is 10.2 Å². The zero-order valence-electron chi connectivity index (χ0n) is 10.9. The predicted molar refractivity (Wildman–Crippen MR) is 74.6 cm³/mol. The van der Waals surface area contributed by atoms with E-state index in [1.165, 1.54) is 7.05 Å². The Kier molecular flexibility index (Phi) is 5.13. The molecule has 0 unspecified atom stereocenters. The van der Waals surface area contributed by atoms with Gasteiger partial charge in [-0.05, 0) is 30.7 Å². The molecule has 19 heavy (non-hydrogen) atoms. The summed E-state index contributed by atoms with van der Waals surface area (Å²) in [5.74, 6) is -0.0267. The summed E-state index contributed by atoms with van der Waals surface area (Å²) in [4.78, 5) is 0. The van der Waals surface area contributed by atoms with Gasteiger partial charge in [-0.3, -0.25) is 4.31 Å². The SMILES string of the molecule is CCCNS(=O)(=O)N(C)c1ccc(/C(N)=N/O)cc1. The fourth-order valence-electron chi connectivity index (χ4n) is 1.37. The van der Waals surface area contributed by atoms with Crippen LogP contribution in [0.5, 0.6) is 0 Å². The monoisotopic (exact) mass is 286 g/mol. The number of rotatable bonds is 6. The maximum atomic E-state index is 11.9. The van der Waals surface area contributed by atoms with Gasteiger partial charge in [0.2, 0.25) is 0 Å². The summed E-state index contributed by atoms with van der Waals surface area (Å²) in [7, 11) is -2.09. The van der Waals surface area contributed by atoms with Gasteiger partial charge >= 0.3 is 10.2 Å². The molecule has 0 aromatic heterocycles. The molecular weight excluding hydrogens is 268 g/mol. The minimum absolute atomic E-state index is 0.0267. The van der Waals surface area contributed by atoms with Crippen LogP contribution in [0.1, 0.15) is 18.9 Å². The van der Waals surface area contributed by atoms with Gasteiger partial charge in [0.05, 0.1) is 5.69 Å². The Balaban J connectivity index is 2.92. The summed E-state index contributed by atoms with van der Waals surface area (Å²) >= 11 is 0. The molecule has 1 aromatic rings. The maximum absolute atomic E-state index is 11.9. The van der Waals surface area contributed by atoms with Crippen LogP contribution in [0, 0.1) is 0 Å². The van der Waals surface area contributed by atoms with E-state index in [1.807, 2.05) is 6.92 Å². The van der Waals surface area contributed by atoms with E-state index < -0.39 is 10.2 Å². The van der Waals surface area contributed by atoms with Gasteiger partial charge in [0.1, 0.15) is 0 Å². The van der Waals surface area contributed by atoms with Crippen molar-refractivity contribution in [2.24, 2.45) is 10.9 Å². The quantitative estimate of drug-likeness (QED) is 0.305. The predicted octanol–water partition coefficient (Wildman–Crippen LogP) is 0.462. The first kappa shape index (κ1) is 15.3. The lowest BCUT2D eigenvalue weighted by molar-refractivity contribution is 0.318. The molecule has 0 atom stereocenters. The smallest absolute Gasteiger partial charge is 0.301 e. The van der Waals surface area contributed by atoms with Gasteiger partial charge in [-0.15, -0.1) is 0 Å². The number of oxime groups is 1. The molecule has 1 rings (SSSR count). The van der Waals surface area contributed by atoms with Gasteiger partial charge in [0.15, 0.2) is 5.84 Å². The Morgan fingerprint density at radius 1 is 1.42 bits per heavy atom. The average molecular weight is 286 g/mol. The van der Waals surface area contributed by atoms with Crippen LogP contribution in [0.15, 0.2) is 29.4 Å². The molecule has 0 aliphatic rings. The topological polar surface area (TPSA) is 108 Å². The first-order valence-electron chi connectivity index (χ1n) is 5.74. The van der Waals surface area contributed by atoms with Gasteiger partial charge in [0.25, 0.3) is 0 Å². The van der Waals surface area contributed by atoms with E-state index in [-0.39, 0.29) is 5.84 Å². The molecular formula is C11H18N4O3S. The van der Waals surface area contributed by atoms with Crippen LogP contribution >= 0.6 is 0 Å². The number of amidine groups is 1. The fraction of sp³-hybridized carbons (Fsp3) is 0.364. The van der Waals surface area contributed by atoms with Gasteiger partial charge in [-0.2, -0.15) is 13.1 Å². The normalized spacial score (nSPS) is 12.4. The highest BCUT2D eigenvalue weighted by molar-refractivity contribution is 7.90. The van der Waals surface area contributed by atoms with E-state index in [4.69, 9.17) is 10.9 Å². The highest BCUT2D eigenvalue weighted by atomic mass is 32.2. The van der Waals surface area contributed by atoms with Crippen LogP contribution < -0.4 is 14.8 Å². The Bertz CT molecular complexity index is 540. The largest absolute Gasteiger partial charge is 0.409 e. The van der Waals surface area contributed by atoms with E-state index in [2.05, 4.69) is 9.88 Å². The molecule has 0 fully saturated rings.